The third-order valence-corrected chi connectivity index (χ3v) is 6.35. The molecule has 32 heavy (non-hydrogen) atoms. The predicted molar refractivity (Wildman–Crippen MR) is 122 cm³/mol. The summed E-state index contributed by atoms with van der Waals surface area (Å²) in [6, 6.07) is 7.47. The van der Waals surface area contributed by atoms with Crippen LogP contribution in [0, 0.1) is 6.92 Å². The molecule has 0 saturated carbocycles. The van der Waals surface area contributed by atoms with E-state index in [-0.39, 0.29) is 16.1 Å². The molecule has 1 amide bonds. The average molecular weight is 497 g/mol. The number of benzene rings is 2. The van der Waals surface area contributed by atoms with E-state index in [1.54, 1.807) is 19.9 Å². The predicted octanol–water partition coefficient (Wildman–Crippen LogP) is 4.36. The van der Waals surface area contributed by atoms with Crippen molar-refractivity contribution in [3.63, 3.8) is 0 Å². The van der Waals surface area contributed by atoms with Gasteiger partial charge in [-0.25, -0.2) is 4.68 Å². The number of hydrogen-bond acceptors (Lipinski definition) is 5. The monoisotopic (exact) mass is 496 g/mol. The van der Waals surface area contributed by atoms with Crippen LogP contribution in [-0.2, 0) is 22.1 Å². The summed E-state index contributed by atoms with van der Waals surface area (Å²) >= 11 is 12.0. The molecule has 0 spiro atoms. The second-order valence-corrected chi connectivity index (χ2v) is 10.1. The molecule has 0 atom stereocenters. The van der Waals surface area contributed by atoms with Gasteiger partial charge in [0.1, 0.15) is 10.6 Å². The molecule has 0 fully saturated rings. The topological polar surface area (TPSA) is 114 Å². The Balaban J connectivity index is 2.01. The van der Waals surface area contributed by atoms with Crippen LogP contribution in [0.3, 0.4) is 0 Å². The Morgan fingerprint density at radius 2 is 1.81 bits per heavy atom. The molecule has 1 heterocycles. The van der Waals surface area contributed by atoms with Gasteiger partial charge in [-0.3, -0.25) is 9.35 Å². The summed E-state index contributed by atoms with van der Waals surface area (Å²) in [5, 5.41) is 11.7. The van der Waals surface area contributed by atoms with E-state index in [0.717, 1.165) is 5.56 Å². The second kappa shape index (κ2) is 8.82. The molecule has 8 nitrogen and oxygen atoms in total. The molecule has 3 aromatic rings. The minimum atomic E-state index is -4.50. The van der Waals surface area contributed by atoms with Crippen molar-refractivity contribution in [2.24, 2.45) is 0 Å². The molecule has 0 aliphatic carbocycles. The molecule has 3 rings (SSSR count). The van der Waals surface area contributed by atoms with Gasteiger partial charge in [0.2, 0.25) is 0 Å². The van der Waals surface area contributed by atoms with Gasteiger partial charge in [-0.05, 0) is 62.6 Å². The summed E-state index contributed by atoms with van der Waals surface area (Å²) in [4.78, 5) is 12.5. The Kier molecular flexibility index (Phi) is 6.67. The van der Waals surface area contributed by atoms with Crippen LogP contribution in [0.1, 0.15) is 48.0 Å². The van der Waals surface area contributed by atoms with Gasteiger partial charge in [-0.2, -0.15) is 8.42 Å². The fourth-order valence-electron chi connectivity index (χ4n) is 3.39. The fourth-order valence-corrected chi connectivity index (χ4v) is 4.61. The van der Waals surface area contributed by atoms with Crippen LogP contribution in [0.2, 0.25) is 10.0 Å². The van der Waals surface area contributed by atoms with Gasteiger partial charge in [0.15, 0.2) is 0 Å². The maximum atomic E-state index is 12.7. The molecule has 0 saturated heterocycles. The van der Waals surface area contributed by atoms with Gasteiger partial charge < -0.3 is 5.32 Å². The summed E-state index contributed by atoms with van der Waals surface area (Å²) in [6.07, 6.45) is 2.03. The number of aromatic nitrogens is 3. The highest BCUT2D eigenvalue weighted by atomic mass is 35.5. The molecule has 2 N–H and O–H groups in total. The van der Waals surface area contributed by atoms with Crippen LogP contribution in [0.15, 0.2) is 41.4 Å². The first-order chi connectivity index (χ1) is 14.8. The zero-order valence-corrected chi connectivity index (χ0v) is 20.2. The second-order valence-electron chi connectivity index (χ2n) is 7.82. The van der Waals surface area contributed by atoms with E-state index in [1.807, 2.05) is 13.8 Å². The van der Waals surface area contributed by atoms with E-state index < -0.39 is 21.6 Å². The van der Waals surface area contributed by atoms with Crippen LogP contribution in [-0.4, -0.2) is 33.9 Å². The third kappa shape index (κ3) is 4.96. The molecule has 170 valence electrons. The van der Waals surface area contributed by atoms with E-state index >= 15 is 0 Å². The first kappa shape index (κ1) is 24.2. The van der Waals surface area contributed by atoms with E-state index in [1.165, 1.54) is 35.1 Å². The summed E-state index contributed by atoms with van der Waals surface area (Å²) < 4.78 is 35.0. The van der Waals surface area contributed by atoms with Crippen molar-refractivity contribution in [1.29, 1.82) is 0 Å². The zero-order valence-electron chi connectivity index (χ0n) is 17.8. The highest BCUT2D eigenvalue weighted by molar-refractivity contribution is 7.86. The van der Waals surface area contributed by atoms with Crippen molar-refractivity contribution in [2.45, 2.75) is 44.6 Å². The molecule has 0 aliphatic heterocycles. The van der Waals surface area contributed by atoms with Crippen LogP contribution >= 0.6 is 23.2 Å². The molecule has 0 radical (unpaired) electrons. The summed E-state index contributed by atoms with van der Waals surface area (Å²) in [6.45, 7) is 7.17. The van der Waals surface area contributed by atoms with Gasteiger partial charge in [0, 0.05) is 15.6 Å². The van der Waals surface area contributed by atoms with Crippen molar-refractivity contribution < 1.29 is 17.8 Å². The first-order valence-electron chi connectivity index (χ1n) is 9.65. The number of carbonyl (C=O) groups excluding carboxylic acids is 1. The number of halogens is 2. The van der Waals surface area contributed by atoms with Gasteiger partial charge in [0.05, 0.1) is 17.4 Å². The largest absolute Gasteiger partial charge is 0.341 e. The molecule has 1 aromatic heterocycles. The number of nitrogens with one attached hydrogen (secondary N) is 1. The van der Waals surface area contributed by atoms with Crippen LogP contribution < -0.4 is 5.32 Å². The summed E-state index contributed by atoms with van der Waals surface area (Å²) in [5.74, 6) is -0.419. The molecular formula is C21H22Cl2N4O4S. The summed E-state index contributed by atoms with van der Waals surface area (Å²) in [7, 11) is -4.50. The third-order valence-electron chi connectivity index (χ3n) is 5.03. The molecule has 0 bridgehead atoms. The molecular weight excluding hydrogens is 475 g/mol. The Bertz CT molecular complexity index is 1280. The van der Waals surface area contributed by atoms with Crippen LogP contribution in [0.25, 0.3) is 5.69 Å². The Morgan fingerprint density at radius 3 is 2.38 bits per heavy atom. The number of nitrogens with zero attached hydrogens (tertiary/aromatic N) is 3. The lowest BCUT2D eigenvalue weighted by Crippen LogP contribution is -2.41. The lowest BCUT2D eigenvalue weighted by atomic mass is 10.0. The number of hydrogen-bond donors (Lipinski definition) is 2. The highest BCUT2D eigenvalue weighted by Crippen LogP contribution is 2.29. The van der Waals surface area contributed by atoms with Crippen molar-refractivity contribution in [1.82, 2.24) is 20.3 Å². The Morgan fingerprint density at radius 1 is 1.19 bits per heavy atom. The maximum Gasteiger partial charge on any atom is 0.296 e. The van der Waals surface area contributed by atoms with Gasteiger partial charge in [-0.1, -0.05) is 41.4 Å². The number of carbonyl (C=O) groups is 1. The molecule has 11 heteroatoms. The minimum Gasteiger partial charge on any atom is -0.341 e. The molecule has 0 aliphatic rings. The standard InChI is InChI=1S/C21H22Cl2N4O4S/c1-5-16-12(2)6-7-17(32(29,30)31)19(16)27-11-18(25-26-27)21(3,4)24-20(28)13-8-14(22)10-15(23)9-13/h6-11H,5H2,1-4H3,(H,24,28)(H,29,30,31). The fraction of sp³-hybridized carbons (Fsp3) is 0.286. The van der Waals surface area contributed by atoms with Gasteiger partial charge in [0.25, 0.3) is 16.0 Å². The normalized spacial score (nSPS) is 12.1. The SMILES string of the molecule is CCc1c(C)ccc(S(=O)(=O)O)c1-n1cc(C(C)(C)NC(=O)c2cc(Cl)cc(Cl)c2)nn1. The Hall–Kier alpha value is -2.46. The number of aryl methyl sites for hydroxylation is 1. The van der Waals surface area contributed by atoms with Crippen LogP contribution in [0.5, 0.6) is 0 Å². The lowest BCUT2D eigenvalue weighted by Gasteiger charge is -2.24. The van der Waals surface area contributed by atoms with Crippen molar-refractivity contribution in [3.8, 4) is 5.69 Å². The van der Waals surface area contributed by atoms with Crippen LogP contribution in [0.4, 0.5) is 0 Å². The molecule has 0 unspecified atom stereocenters. The highest BCUT2D eigenvalue weighted by Gasteiger charge is 2.29. The smallest absolute Gasteiger partial charge is 0.296 e. The number of rotatable bonds is 6. The van der Waals surface area contributed by atoms with Crippen molar-refractivity contribution in [3.05, 3.63) is 69.0 Å². The van der Waals surface area contributed by atoms with E-state index in [2.05, 4.69) is 15.6 Å². The average Bonchev–Trinajstić information content (AvgIpc) is 3.16. The van der Waals surface area contributed by atoms with E-state index in [0.29, 0.717) is 27.7 Å². The summed E-state index contributed by atoms with van der Waals surface area (Å²) in [5.41, 5.74) is 1.45. The lowest BCUT2D eigenvalue weighted by molar-refractivity contribution is 0.0910. The quantitative estimate of drug-likeness (QED) is 0.490. The Labute approximate surface area is 196 Å². The first-order valence-corrected chi connectivity index (χ1v) is 11.8. The van der Waals surface area contributed by atoms with Gasteiger partial charge >= 0.3 is 0 Å². The van der Waals surface area contributed by atoms with Crippen molar-refractivity contribution in [2.75, 3.05) is 0 Å². The van der Waals surface area contributed by atoms with E-state index in [4.69, 9.17) is 23.2 Å². The van der Waals surface area contributed by atoms with E-state index in [9.17, 15) is 17.8 Å². The molecule has 2 aromatic carbocycles. The maximum absolute atomic E-state index is 12.7. The minimum absolute atomic E-state index is 0.220. The number of amides is 1. The zero-order chi connectivity index (χ0) is 23.8. The van der Waals surface area contributed by atoms with Gasteiger partial charge in [-0.15, -0.1) is 5.10 Å². The van der Waals surface area contributed by atoms with Crippen molar-refractivity contribution >= 4 is 39.2 Å².